The van der Waals surface area contributed by atoms with Gasteiger partial charge in [-0.1, -0.05) is 48.0 Å². The standard InChI is InChI=1S/C22H20ClFN2O4S/c1-15(16-6-3-2-4-7-16)26-31(28,29)19-10-11-21(20(23)13-19)30-14-22(27)25-18-9-5-8-17(24)12-18/h2-13,15,26H,14H2,1H3,(H,25,27)/t15-/m0/s1. The normalized spacial score (nSPS) is 12.2. The summed E-state index contributed by atoms with van der Waals surface area (Å²) in [4.78, 5) is 12.0. The van der Waals surface area contributed by atoms with Gasteiger partial charge in [-0.2, -0.15) is 0 Å². The van der Waals surface area contributed by atoms with Crippen molar-refractivity contribution in [2.24, 2.45) is 0 Å². The second-order valence-corrected chi connectivity index (χ2v) is 8.81. The van der Waals surface area contributed by atoms with Crippen LogP contribution in [0.25, 0.3) is 0 Å². The van der Waals surface area contributed by atoms with Gasteiger partial charge in [-0.3, -0.25) is 4.79 Å². The van der Waals surface area contributed by atoms with E-state index in [2.05, 4.69) is 10.0 Å². The van der Waals surface area contributed by atoms with Gasteiger partial charge in [-0.15, -0.1) is 0 Å². The Morgan fingerprint density at radius 3 is 2.48 bits per heavy atom. The van der Waals surface area contributed by atoms with Gasteiger partial charge < -0.3 is 10.1 Å². The number of hydrogen-bond donors (Lipinski definition) is 2. The molecule has 0 fully saturated rings. The molecule has 0 aromatic heterocycles. The number of benzene rings is 3. The topological polar surface area (TPSA) is 84.5 Å². The molecule has 9 heteroatoms. The van der Waals surface area contributed by atoms with Crippen LogP contribution in [-0.2, 0) is 14.8 Å². The highest BCUT2D eigenvalue weighted by Gasteiger charge is 2.20. The molecule has 0 aliphatic carbocycles. The maximum Gasteiger partial charge on any atom is 0.262 e. The molecule has 3 aromatic carbocycles. The van der Waals surface area contributed by atoms with Gasteiger partial charge in [0.25, 0.3) is 5.91 Å². The van der Waals surface area contributed by atoms with Crippen molar-refractivity contribution in [3.63, 3.8) is 0 Å². The maximum atomic E-state index is 13.2. The number of sulfonamides is 1. The molecule has 0 heterocycles. The lowest BCUT2D eigenvalue weighted by Gasteiger charge is -2.15. The van der Waals surface area contributed by atoms with Crippen molar-refractivity contribution >= 4 is 33.2 Å². The third kappa shape index (κ3) is 6.27. The smallest absolute Gasteiger partial charge is 0.262 e. The molecule has 3 rings (SSSR count). The van der Waals surface area contributed by atoms with Gasteiger partial charge >= 0.3 is 0 Å². The summed E-state index contributed by atoms with van der Waals surface area (Å²) in [6.45, 7) is 1.36. The van der Waals surface area contributed by atoms with E-state index in [9.17, 15) is 17.6 Å². The largest absolute Gasteiger partial charge is 0.482 e. The average molecular weight is 463 g/mol. The second-order valence-electron chi connectivity index (χ2n) is 6.69. The van der Waals surface area contributed by atoms with Gasteiger partial charge in [0.2, 0.25) is 10.0 Å². The molecule has 162 valence electrons. The number of halogens is 2. The fraction of sp³-hybridized carbons (Fsp3) is 0.136. The van der Waals surface area contributed by atoms with Crippen LogP contribution in [0.1, 0.15) is 18.5 Å². The van der Waals surface area contributed by atoms with E-state index in [0.717, 1.165) is 5.56 Å². The molecule has 0 spiro atoms. The van der Waals surface area contributed by atoms with Crippen LogP contribution in [0.2, 0.25) is 5.02 Å². The third-order valence-electron chi connectivity index (χ3n) is 4.31. The van der Waals surface area contributed by atoms with Crippen LogP contribution in [0.15, 0.2) is 77.7 Å². The predicted octanol–water partition coefficient (Wildman–Crippen LogP) is 4.54. The van der Waals surface area contributed by atoms with Gasteiger partial charge in [-0.05, 0) is 48.9 Å². The first-order valence-corrected chi connectivity index (χ1v) is 11.2. The van der Waals surface area contributed by atoms with Crippen LogP contribution in [0.5, 0.6) is 5.75 Å². The SMILES string of the molecule is C[C@H](NS(=O)(=O)c1ccc(OCC(=O)Nc2cccc(F)c2)c(Cl)c1)c1ccccc1. The fourth-order valence-corrected chi connectivity index (χ4v) is 4.34. The molecule has 0 unspecified atom stereocenters. The molecule has 0 saturated heterocycles. The molecule has 0 saturated carbocycles. The molecular weight excluding hydrogens is 443 g/mol. The number of amides is 1. The van der Waals surface area contributed by atoms with E-state index in [1.165, 1.54) is 42.5 Å². The van der Waals surface area contributed by atoms with Gasteiger partial charge in [0.05, 0.1) is 9.92 Å². The minimum Gasteiger partial charge on any atom is -0.482 e. The summed E-state index contributed by atoms with van der Waals surface area (Å²) in [5.41, 5.74) is 1.11. The number of carbonyl (C=O) groups is 1. The molecule has 1 atom stereocenters. The van der Waals surface area contributed by atoms with Crippen LogP contribution in [-0.4, -0.2) is 20.9 Å². The van der Waals surface area contributed by atoms with E-state index in [0.29, 0.717) is 5.69 Å². The van der Waals surface area contributed by atoms with Crippen LogP contribution >= 0.6 is 11.6 Å². The zero-order valence-corrected chi connectivity index (χ0v) is 18.1. The summed E-state index contributed by atoms with van der Waals surface area (Å²) in [6.07, 6.45) is 0. The van der Waals surface area contributed by atoms with E-state index in [1.807, 2.05) is 30.3 Å². The Hall–Kier alpha value is -2.94. The molecule has 1 amide bonds. The van der Waals surface area contributed by atoms with Crippen molar-refractivity contribution < 1.29 is 22.3 Å². The molecule has 0 aliphatic heterocycles. The van der Waals surface area contributed by atoms with Crippen LogP contribution in [0.4, 0.5) is 10.1 Å². The summed E-state index contributed by atoms with van der Waals surface area (Å²) in [6, 6.07) is 18.1. The van der Waals surface area contributed by atoms with Gasteiger partial charge in [0.15, 0.2) is 6.61 Å². The zero-order valence-electron chi connectivity index (χ0n) is 16.5. The highest BCUT2D eigenvalue weighted by atomic mass is 35.5. The summed E-state index contributed by atoms with van der Waals surface area (Å²) in [7, 11) is -3.83. The van der Waals surface area contributed by atoms with Crippen molar-refractivity contribution in [3.05, 3.63) is 89.2 Å². The summed E-state index contributed by atoms with van der Waals surface area (Å²) >= 11 is 6.15. The summed E-state index contributed by atoms with van der Waals surface area (Å²) in [5, 5.41) is 2.53. The maximum absolute atomic E-state index is 13.2. The fourth-order valence-electron chi connectivity index (χ4n) is 2.78. The first-order valence-electron chi connectivity index (χ1n) is 9.29. The van der Waals surface area contributed by atoms with Gasteiger partial charge in [0, 0.05) is 11.7 Å². The lowest BCUT2D eigenvalue weighted by molar-refractivity contribution is -0.118. The van der Waals surface area contributed by atoms with Crippen LogP contribution < -0.4 is 14.8 Å². The van der Waals surface area contributed by atoms with Crippen LogP contribution in [0, 0.1) is 5.82 Å². The monoisotopic (exact) mass is 462 g/mol. The predicted molar refractivity (Wildman–Crippen MR) is 117 cm³/mol. The highest BCUT2D eigenvalue weighted by molar-refractivity contribution is 7.89. The molecule has 2 N–H and O–H groups in total. The Morgan fingerprint density at radius 1 is 1.06 bits per heavy atom. The minimum atomic E-state index is -3.83. The highest BCUT2D eigenvalue weighted by Crippen LogP contribution is 2.28. The molecule has 6 nitrogen and oxygen atoms in total. The Kier molecular flexibility index (Phi) is 7.27. The Labute approximate surface area is 185 Å². The van der Waals surface area contributed by atoms with Crippen molar-refractivity contribution in [3.8, 4) is 5.75 Å². The second kappa shape index (κ2) is 9.91. The third-order valence-corrected chi connectivity index (χ3v) is 6.15. The quantitative estimate of drug-likeness (QED) is 0.515. The van der Waals surface area contributed by atoms with Crippen molar-refractivity contribution in [1.82, 2.24) is 4.72 Å². The lowest BCUT2D eigenvalue weighted by atomic mass is 10.1. The Bertz CT molecular complexity index is 1170. The summed E-state index contributed by atoms with van der Waals surface area (Å²) < 4.78 is 46.5. The number of rotatable bonds is 8. The number of hydrogen-bond acceptors (Lipinski definition) is 4. The van der Waals surface area contributed by atoms with Crippen molar-refractivity contribution in [2.75, 3.05) is 11.9 Å². The van der Waals surface area contributed by atoms with E-state index in [-0.39, 0.29) is 22.3 Å². The van der Waals surface area contributed by atoms with Gasteiger partial charge in [-0.25, -0.2) is 17.5 Å². The van der Waals surface area contributed by atoms with Crippen molar-refractivity contribution in [1.29, 1.82) is 0 Å². The van der Waals surface area contributed by atoms with E-state index >= 15 is 0 Å². The Morgan fingerprint density at radius 2 is 1.81 bits per heavy atom. The molecule has 0 bridgehead atoms. The zero-order chi connectivity index (χ0) is 22.4. The van der Waals surface area contributed by atoms with E-state index in [1.54, 1.807) is 6.92 Å². The molecule has 3 aromatic rings. The lowest BCUT2D eigenvalue weighted by Crippen LogP contribution is -2.27. The number of nitrogens with one attached hydrogen (secondary N) is 2. The Balaban J connectivity index is 1.63. The molecular formula is C22H20ClFN2O4S. The number of ether oxygens (including phenoxy) is 1. The summed E-state index contributed by atoms with van der Waals surface area (Å²) in [5.74, 6) is -0.850. The number of anilines is 1. The van der Waals surface area contributed by atoms with E-state index < -0.39 is 27.8 Å². The van der Waals surface area contributed by atoms with Crippen molar-refractivity contribution in [2.45, 2.75) is 17.9 Å². The average Bonchev–Trinajstić information content (AvgIpc) is 2.73. The first-order chi connectivity index (χ1) is 14.7. The molecule has 0 radical (unpaired) electrons. The number of carbonyl (C=O) groups excluding carboxylic acids is 1. The first kappa shape index (κ1) is 22.7. The molecule has 0 aliphatic rings. The molecule has 31 heavy (non-hydrogen) atoms. The van der Waals surface area contributed by atoms with Crippen LogP contribution in [0.3, 0.4) is 0 Å². The van der Waals surface area contributed by atoms with E-state index in [4.69, 9.17) is 16.3 Å². The van der Waals surface area contributed by atoms with Gasteiger partial charge in [0.1, 0.15) is 11.6 Å². The minimum absolute atomic E-state index is 0.0307.